The molecule has 0 aromatic rings. The number of ether oxygens (including phenoxy) is 6. The van der Waals surface area contributed by atoms with Gasteiger partial charge in [0.05, 0.1) is 25.4 Å². The SMILES string of the molecule is C.C=CCO[C@H]1OC(C)[C@H](OC(C)=O)C(C)[C@H]1C.C=CCO[C@H]1OC(C)[C@H](OC(C)=O)C(O)[C@H]1C.S=S=S=S. The predicted octanol–water partition coefficient (Wildman–Crippen LogP) is 3.63. The van der Waals surface area contributed by atoms with Crippen LogP contribution in [0.3, 0.4) is 0 Å². The Hall–Kier alpha value is -0.900. The van der Waals surface area contributed by atoms with Crippen LogP contribution < -0.4 is 0 Å². The van der Waals surface area contributed by atoms with Crippen LogP contribution in [0.15, 0.2) is 25.3 Å². The highest BCUT2D eigenvalue weighted by atomic mass is 33.2. The Kier molecular flexibility index (Phi) is 22.5. The molecule has 2 heterocycles. The molecule has 2 aliphatic heterocycles. The molecule has 0 bridgehead atoms. The minimum absolute atomic E-state index is 0. The number of carbonyl (C=O) groups excluding carboxylic acids is 2. The summed E-state index contributed by atoms with van der Waals surface area (Å²) >= 11 is 8.66. The maximum atomic E-state index is 11.0. The first-order valence-corrected chi connectivity index (χ1v) is 16.2. The van der Waals surface area contributed by atoms with Crippen molar-refractivity contribution in [2.75, 3.05) is 13.2 Å². The number of carbonyl (C=O) groups is 2. The summed E-state index contributed by atoms with van der Waals surface area (Å²) in [6.45, 7) is 20.3. The Morgan fingerprint density at radius 1 is 0.795 bits per heavy atom. The van der Waals surface area contributed by atoms with Gasteiger partial charge in [0.25, 0.3) is 0 Å². The molecule has 0 aromatic carbocycles. The van der Waals surface area contributed by atoms with Gasteiger partial charge in [-0.05, 0) is 13.8 Å². The molecule has 0 aliphatic carbocycles. The number of aliphatic hydroxyl groups excluding tert-OH is 1. The molecular weight excluding hydrogens is 585 g/mol. The second-order valence-corrected chi connectivity index (χ2v) is 12.6. The summed E-state index contributed by atoms with van der Waals surface area (Å²) in [6.07, 6.45) is 0.346. The Labute approximate surface area is 249 Å². The first kappa shape index (κ1) is 40.2. The van der Waals surface area contributed by atoms with Crippen molar-refractivity contribution < 1.29 is 43.1 Å². The third-order valence-corrected chi connectivity index (χ3v) is 8.32. The molecule has 2 fully saturated rings. The molecule has 10 atom stereocenters. The minimum atomic E-state index is -0.794. The van der Waals surface area contributed by atoms with E-state index in [-0.39, 0.29) is 49.6 Å². The van der Waals surface area contributed by atoms with Gasteiger partial charge in [0.1, 0.15) is 12.2 Å². The molecule has 0 aromatic heterocycles. The Bertz CT molecular complexity index is 766. The molecule has 0 radical (unpaired) electrons. The summed E-state index contributed by atoms with van der Waals surface area (Å²) in [6, 6.07) is 0. The molecule has 13 heteroatoms. The molecule has 39 heavy (non-hydrogen) atoms. The lowest BCUT2D eigenvalue weighted by atomic mass is 9.85. The van der Waals surface area contributed by atoms with E-state index in [2.05, 4.69) is 42.5 Å². The number of rotatable bonds is 8. The van der Waals surface area contributed by atoms with Crippen LogP contribution in [0.5, 0.6) is 0 Å². The minimum Gasteiger partial charge on any atom is -0.460 e. The smallest absolute Gasteiger partial charge is 0.303 e. The second-order valence-electron chi connectivity index (χ2n) is 9.02. The highest BCUT2D eigenvalue weighted by molar-refractivity contribution is 8.51. The fraction of sp³-hybridized carbons (Fsp3) is 0.769. The quantitative estimate of drug-likeness (QED) is 0.314. The van der Waals surface area contributed by atoms with Crippen molar-refractivity contribution in [1.29, 1.82) is 0 Å². The van der Waals surface area contributed by atoms with Crippen LogP contribution in [0.1, 0.15) is 55.9 Å². The monoisotopic (exact) mass is 630 g/mol. The third-order valence-electron chi connectivity index (χ3n) is 6.09. The predicted molar refractivity (Wildman–Crippen MR) is 162 cm³/mol. The molecule has 2 rings (SSSR count). The summed E-state index contributed by atoms with van der Waals surface area (Å²) in [5.74, 6) is -0.583. The van der Waals surface area contributed by atoms with Crippen molar-refractivity contribution in [3.05, 3.63) is 25.3 Å². The topological polar surface area (TPSA) is 110 Å². The Balaban J connectivity index is 0. The van der Waals surface area contributed by atoms with Gasteiger partial charge in [-0.25, -0.2) is 0 Å². The molecule has 9 nitrogen and oxygen atoms in total. The Morgan fingerprint density at radius 2 is 1.18 bits per heavy atom. The van der Waals surface area contributed by atoms with E-state index in [0.29, 0.717) is 13.2 Å². The van der Waals surface area contributed by atoms with Crippen molar-refractivity contribution in [1.82, 2.24) is 0 Å². The maximum Gasteiger partial charge on any atom is 0.303 e. The van der Waals surface area contributed by atoms with Gasteiger partial charge in [-0.2, -0.15) is 0 Å². The normalized spacial score (nSPS) is 33.2. The first-order valence-electron chi connectivity index (χ1n) is 12.2. The second kappa shape index (κ2) is 21.8. The molecule has 0 spiro atoms. The molecule has 0 saturated carbocycles. The average molecular weight is 631 g/mol. The summed E-state index contributed by atoms with van der Waals surface area (Å²) in [4.78, 5) is 22.0. The largest absolute Gasteiger partial charge is 0.460 e. The van der Waals surface area contributed by atoms with E-state index < -0.39 is 30.6 Å². The van der Waals surface area contributed by atoms with Crippen molar-refractivity contribution >= 4 is 52.1 Å². The molecule has 228 valence electrons. The van der Waals surface area contributed by atoms with Gasteiger partial charge in [0.2, 0.25) is 0 Å². The van der Waals surface area contributed by atoms with E-state index >= 15 is 0 Å². The number of aliphatic hydroxyl groups is 1. The third kappa shape index (κ3) is 14.5. The van der Waals surface area contributed by atoms with Crippen LogP contribution in [0.4, 0.5) is 0 Å². The average Bonchev–Trinajstić information content (AvgIpc) is 2.87. The lowest BCUT2D eigenvalue weighted by Gasteiger charge is -2.42. The van der Waals surface area contributed by atoms with Crippen molar-refractivity contribution in [3.8, 4) is 0 Å². The number of esters is 2. The van der Waals surface area contributed by atoms with E-state index in [4.69, 9.17) is 28.4 Å². The zero-order chi connectivity index (χ0) is 29.4. The van der Waals surface area contributed by atoms with Gasteiger partial charge < -0.3 is 33.5 Å². The number of hydrogen-bond donors (Lipinski definition) is 1. The van der Waals surface area contributed by atoms with Crippen LogP contribution >= 0.6 is 0 Å². The van der Waals surface area contributed by atoms with Crippen molar-refractivity contribution in [3.63, 3.8) is 0 Å². The Morgan fingerprint density at radius 3 is 1.56 bits per heavy atom. The maximum absolute atomic E-state index is 11.0. The highest BCUT2D eigenvalue weighted by Gasteiger charge is 2.43. The zero-order valence-corrected chi connectivity index (χ0v) is 26.4. The van der Waals surface area contributed by atoms with Crippen LogP contribution in [0, 0.1) is 17.8 Å². The van der Waals surface area contributed by atoms with Gasteiger partial charge in [-0.3, -0.25) is 9.59 Å². The van der Waals surface area contributed by atoms with E-state index in [1.165, 1.54) is 31.6 Å². The van der Waals surface area contributed by atoms with Crippen molar-refractivity contribution in [2.24, 2.45) is 17.8 Å². The number of hydrogen-bond acceptors (Lipinski definition) is 11. The van der Waals surface area contributed by atoms with Gasteiger partial charge in [0, 0.05) is 71.7 Å². The van der Waals surface area contributed by atoms with Crippen LogP contribution in [0.25, 0.3) is 0 Å². The van der Waals surface area contributed by atoms with E-state index in [0.717, 1.165) is 0 Å². The van der Waals surface area contributed by atoms with Crippen LogP contribution in [0.2, 0.25) is 0 Å². The van der Waals surface area contributed by atoms with Gasteiger partial charge in [-0.1, -0.05) is 40.3 Å². The van der Waals surface area contributed by atoms with Gasteiger partial charge in [-0.15, -0.1) is 13.2 Å². The van der Waals surface area contributed by atoms with Gasteiger partial charge in [0.15, 0.2) is 18.7 Å². The first-order chi connectivity index (χ1) is 17.9. The molecular formula is C26H46O9S4. The van der Waals surface area contributed by atoms with Crippen LogP contribution in [-0.2, 0) is 78.1 Å². The van der Waals surface area contributed by atoms with Gasteiger partial charge >= 0.3 is 11.9 Å². The summed E-state index contributed by atoms with van der Waals surface area (Å²) < 4.78 is 32.6. The molecule has 2 saturated heterocycles. The van der Waals surface area contributed by atoms with E-state index in [1.54, 1.807) is 26.0 Å². The molecule has 1 N–H and O–H groups in total. The molecule has 2 aliphatic rings. The fourth-order valence-corrected chi connectivity index (χ4v) is 4.00. The standard InChI is InChI=1S/C13H22O4.C12H20O5.CH4.S4/c1-6-7-15-13-9(3)8(2)12(10(4)16-13)17-11(5)14;1-5-6-15-12-7(2)10(14)11(8(3)16-12)17-9(4)13;;1-3-4-2/h6,8-10,12-13H,1,7H2,2-5H3;5,7-8,10-12,14H,1,6H2,2-4H3;1H4;/t8?,9-,10?,12-,13+;7-,8?,10?,11+,12+;;/m11../s1. The molecule has 4 unspecified atom stereocenters. The lowest BCUT2D eigenvalue weighted by Crippen LogP contribution is -2.54. The fourth-order valence-electron chi connectivity index (χ4n) is 4.00. The van der Waals surface area contributed by atoms with E-state index in [1.807, 2.05) is 13.8 Å². The summed E-state index contributed by atoms with van der Waals surface area (Å²) in [7, 11) is 2.34. The van der Waals surface area contributed by atoms with Crippen molar-refractivity contribution in [2.45, 2.75) is 99.0 Å². The van der Waals surface area contributed by atoms with E-state index in [9.17, 15) is 14.7 Å². The zero-order valence-electron chi connectivity index (χ0n) is 23.1. The molecule has 0 amide bonds. The summed E-state index contributed by atoms with van der Waals surface area (Å²) in [5.41, 5.74) is 0. The lowest BCUT2D eigenvalue weighted by molar-refractivity contribution is -0.273. The highest BCUT2D eigenvalue weighted by Crippen LogP contribution is 2.33. The summed E-state index contributed by atoms with van der Waals surface area (Å²) in [5, 5.41) is 10.1. The van der Waals surface area contributed by atoms with Crippen LogP contribution in [-0.4, -0.2) is 73.4 Å².